The van der Waals surface area contributed by atoms with Crippen LogP contribution < -0.4 is 5.32 Å². The lowest BCUT2D eigenvalue weighted by molar-refractivity contribution is 0.102. The third-order valence-corrected chi connectivity index (χ3v) is 4.02. The van der Waals surface area contributed by atoms with Gasteiger partial charge in [0, 0.05) is 6.07 Å². The summed E-state index contributed by atoms with van der Waals surface area (Å²) < 4.78 is 40.1. The molecule has 1 amide bonds. The van der Waals surface area contributed by atoms with Gasteiger partial charge in [0.25, 0.3) is 5.91 Å². The van der Waals surface area contributed by atoms with E-state index in [4.69, 9.17) is 11.6 Å². The van der Waals surface area contributed by atoms with E-state index in [1.165, 1.54) is 6.07 Å². The van der Waals surface area contributed by atoms with Gasteiger partial charge in [-0.3, -0.25) is 10.1 Å². The second-order valence-electron chi connectivity index (χ2n) is 4.33. The molecule has 0 saturated heterocycles. The summed E-state index contributed by atoms with van der Waals surface area (Å²) in [4.78, 5) is 16.0. The van der Waals surface area contributed by atoms with Crippen LogP contribution in [0.25, 0.3) is 10.2 Å². The molecule has 8 heteroatoms. The Kier molecular flexibility index (Phi) is 3.76. The highest BCUT2D eigenvalue weighted by Gasteiger charge is 2.16. The smallest absolute Gasteiger partial charge is 0.260 e. The Bertz CT molecular complexity index is 897. The molecule has 0 aliphatic rings. The first-order valence-electron chi connectivity index (χ1n) is 5.96. The molecule has 0 bridgehead atoms. The van der Waals surface area contributed by atoms with Gasteiger partial charge in [-0.1, -0.05) is 22.9 Å². The van der Waals surface area contributed by atoms with Gasteiger partial charge >= 0.3 is 0 Å². The first-order chi connectivity index (χ1) is 10.4. The van der Waals surface area contributed by atoms with E-state index >= 15 is 0 Å². The van der Waals surface area contributed by atoms with Crippen LogP contribution in [0, 0.1) is 17.5 Å². The van der Waals surface area contributed by atoms with Crippen molar-refractivity contribution in [1.29, 1.82) is 0 Å². The van der Waals surface area contributed by atoms with E-state index in [1.807, 2.05) is 0 Å². The molecule has 0 atom stereocenters. The first-order valence-corrected chi connectivity index (χ1v) is 7.15. The van der Waals surface area contributed by atoms with Crippen LogP contribution in [0.3, 0.4) is 0 Å². The number of thiazole rings is 1. The van der Waals surface area contributed by atoms with E-state index in [1.54, 1.807) is 0 Å². The summed E-state index contributed by atoms with van der Waals surface area (Å²) >= 11 is 6.86. The van der Waals surface area contributed by atoms with Gasteiger partial charge in [-0.2, -0.15) is 0 Å². The molecule has 1 heterocycles. The number of nitrogens with one attached hydrogen (secondary N) is 1. The molecule has 0 saturated carbocycles. The number of aromatic nitrogens is 1. The Hall–Kier alpha value is -2.12. The van der Waals surface area contributed by atoms with E-state index in [-0.39, 0.29) is 15.7 Å². The average Bonchev–Trinajstić information content (AvgIpc) is 2.81. The van der Waals surface area contributed by atoms with Crippen molar-refractivity contribution in [3.63, 3.8) is 0 Å². The van der Waals surface area contributed by atoms with Crippen molar-refractivity contribution < 1.29 is 18.0 Å². The van der Waals surface area contributed by atoms with Crippen LogP contribution in [-0.2, 0) is 0 Å². The predicted octanol–water partition coefficient (Wildman–Crippen LogP) is 4.62. The number of fused-ring (bicyclic) bond motifs is 1. The molecule has 0 unspecified atom stereocenters. The normalized spacial score (nSPS) is 10.9. The zero-order valence-corrected chi connectivity index (χ0v) is 12.2. The van der Waals surface area contributed by atoms with E-state index in [9.17, 15) is 18.0 Å². The fourth-order valence-corrected chi connectivity index (χ4v) is 3.07. The number of anilines is 1. The van der Waals surface area contributed by atoms with Crippen LogP contribution in [0.15, 0.2) is 30.3 Å². The van der Waals surface area contributed by atoms with Crippen LogP contribution in [0.4, 0.5) is 18.3 Å². The standard InChI is InChI=1S/C14H6ClF3N2OS/c15-9-3-7(17)5-11-12(9)19-14(22-11)20-13(21)8-2-1-6(16)4-10(8)18/h1-5H,(H,19,20,21). The Labute approximate surface area is 131 Å². The minimum absolute atomic E-state index is 0.111. The quantitative estimate of drug-likeness (QED) is 0.738. The maximum Gasteiger partial charge on any atom is 0.260 e. The highest BCUT2D eigenvalue weighted by molar-refractivity contribution is 7.22. The third kappa shape index (κ3) is 2.77. The van der Waals surface area contributed by atoms with E-state index in [0.29, 0.717) is 16.3 Å². The zero-order chi connectivity index (χ0) is 15.9. The van der Waals surface area contributed by atoms with Crippen molar-refractivity contribution in [2.45, 2.75) is 0 Å². The number of carbonyl (C=O) groups is 1. The molecule has 22 heavy (non-hydrogen) atoms. The van der Waals surface area contributed by atoms with E-state index in [0.717, 1.165) is 29.5 Å². The summed E-state index contributed by atoms with van der Waals surface area (Å²) in [6.07, 6.45) is 0. The predicted molar refractivity (Wildman–Crippen MR) is 78.9 cm³/mol. The molecule has 0 fully saturated rings. The van der Waals surface area contributed by atoms with Crippen molar-refractivity contribution in [2.75, 3.05) is 5.32 Å². The van der Waals surface area contributed by atoms with Gasteiger partial charge in [-0.15, -0.1) is 0 Å². The van der Waals surface area contributed by atoms with Crippen molar-refractivity contribution >= 4 is 44.2 Å². The molecule has 3 nitrogen and oxygen atoms in total. The van der Waals surface area contributed by atoms with Crippen LogP contribution in [0.1, 0.15) is 10.4 Å². The van der Waals surface area contributed by atoms with Crippen LogP contribution in [-0.4, -0.2) is 10.9 Å². The fraction of sp³-hybridized carbons (Fsp3) is 0. The molecule has 2 aromatic carbocycles. The lowest BCUT2D eigenvalue weighted by Crippen LogP contribution is -2.13. The van der Waals surface area contributed by atoms with Crippen molar-refractivity contribution in [3.8, 4) is 0 Å². The molecule has 3 aromatic rings. The summed E-state index contributed by atoms with van der Waals surface area (Å²) in [6, 6.07) is 4.95. The van der Waals surface area contributed by atoms with Gasteiger partial charge in [0.1, 0.15) is 23.0 Å². The fourth-order valence-electron chi connectivity index (χ4n) is 1.85. The van der Waals surface area contributed by atoms with Crippen molar-refractivity contribution in [1.82, 2.24) is 4.98 Å². The lowest BCUT2D eigenvalue weighted by atomic mass is 10.2. The summed E-state index contributed by atoms with van der Waals surface area (Å²) in [5, 5.41) is 2.63. The number of nitrogens with zero attached hydrogens (tertiary/aromatic N) is 1. The maximum absolute atomic E-state index is 13.5. The number of carbonyl (C=O) groups excluding carboxylic acids is 1. The SMILES string of the molecule is O=C(Nc1nc2c(Cl)cc(F)cc2s1)c1ccc(F)cc1F. The molecule has 3 rings (SSSR count). The average molecular weight is 343 g/mol. The third-order valence-electron chi connectivity index (χ3n) is 2.81. The Morgan fingerprint density at radius 1 is 1.14 bits per heavy atom. The minimum atomic E-state index is -0.984. The summed E-state index contributed by atoms with van der Waals surface area (Å²) in [6.45, 7) is 0. The number of rotatable bonds is 2. The number of halogens is 4. The van der Waals surface area contributed by atoms with E-state index < -0.39 is 23.4 Å². The summed E-state index contributed by atoms with van der Waals surface area (Å²) in [5.74, 6) is -3.07. The highest BCUT2D eigenvalue weighted by Crippen LogP contribution is 2.32. The zero-order valence-electron chi connectivity index (χ0n) is 10.7. The lowest BCUT2D eigenvalue weighted by Gasteiger charge is -2.02. The van der Waals surface area contributed by atoms with Gasteiger partial charge < -0.3 is 0 Å². The molecular weight excluding hydrogens is 337 g/mol. The van der Waals surface area contributed by atoms with Crippen LogP contribution in [0.5, 0.6) is 0 Å². The van der Waals surface area contributed by atoms with Gasteiger partial charge in [0.15, 0.2) is 5.13 Å². The first kappa shape index (κ1) is 14.8. The molecule has 0 aliphatic carbocycles. The van der Waals surface area contributed by atoms with Gasteiger partial charge in [-0.05, 0) is 24.3 Å². The Morgan fingerprint density at radius 3 is 2.64 bits per heavy atom. The second kappa shape index (κ2) is 5.58. The van der Waals surface area contributed by atoms with Gasteiger partial charge in [0.2, 0.25) is 0 Å². The summed E-state index contributed by atoms with van der Waals surface area (Å²) in [7, 11) is 0. The molecule has 1 N–H and O–H groups in total. The molecule has 0 aliphatic heterocycles. The minimum Gasteiger partial charge on any atom is -0.298 e. The Balaban J connectivity index is 1.92. The molecule has 0 radical (unpaired) electrons. The topological polar surface area (TPSA) is 42.0 Å². The number of hydrogen-bond acceptors (Lipinski definition) is 3. The number of benzene rings is 2. The van der Waals surface area contributed by atoms with Crippen molar-refractivity contribution in [2.24, 2.45) is 0 Å². The monoisotopic (exact) mass is 342 g/mol. The second-order valence-corrected chi connectivity index (χ2v) is 5.77. The molecule has 112 valence electrons. The number of hydrogen-bond donors (Lipinski definition) is 1. The highest BCUT2D eigenvalue weighted by atomic mass is 35.5. The maximum atomic E-state index is 13.5. The van der Waals surface area contributed by atoms with Crippen LogP contribution >= 0.6 is 22.9 Å². The van der Waals surface area contributed by atoms with E-state index in [2.05, 4.69) is 10.3 Å². The van der Waals surface area contributed by atoms with Gasteiger partial charge in [-0.25, -0.2) is 18.2 Å². The summed E-state index contributed by atoms with van der Waals surface area (Å²) in [5.41, 5.74) is 0.0147. The van der Waals surface area contributed by atoms with Gasteiger partial charge in [0.05, 0.1) is 15.3 Å². The molecule has 1 aromatic heterocycles. The molecular formula is C14H6ClF3N2OS. The van der Waals surface area contributed by atoms with Crippen molar-refractivity contribution in [3.05, 3.63) is 58.4 Å². The molecule has 0 spiro atoms. The largest absolute Gasteiger partial charge is 0.298 e. The number of amides is 1. The van der Waals surface area contributed by atoms with Crippen LogP contribution in [0.2, 0.25) is 5.02 Å². The Morgan fingerprint density at radius 2 is 1.91 bits per heavy atom.